The number of ether oxygens (including phenoxy) is 5. The minimum atomic E-state index is -1.15. The largest absolute Gasteiger partial charge is 0.497 e. The molecular weight excluding hydrogens is 638 g/mol. The second-order valence-corrected chi connectivity index (χ2v) is 13.1. The molecule has 0 aliphatic carbocycles. The summed E-state index contributed by atoms with van der Waals surface area (Å²) < 4.78 is 26.7. The lowest BCUT2D eigenvalue weighted by Gasteiger charge is -2.25. The zero-order chi connectivity index (χ0) is 36.6. The van der Waals surface area contributed by atoms with Gasteiger partial charge in [0.15, 0.2) is 0 Å². The highest BCUT2D eigenvalue weighted by molar-refractivity contribution is 5.90. The van der Waals surface area contributed by atoms with Gasteiger partial charge in [-0.05, 0) is 102 Å². The quantitative estimate of drug-likeness (QED) is 0.0944. The van der Waals surface area contributed by atoms with Crippen molar-refractivity contribution >= 4 is 17.9 Å². The highest BCUT2D eigenvalue weighted by Crippen LogP contribution is 2.21. The molecular formula is C36H53NO12. The van der Waals surface area contributed by atoms with Gasteiger partial charge in [-0.3, -0.25) is 4.79 Å². The van der Waals surface area contributed by atoms with Crippen LogP contribution in [0, 0.1) is 5.41 Å². The van der Waals surface area contributed by atoms with Gasteiger partial charge in [0.2, 0.25) is 0 Å². The van der Waals surface area contributed by atoms with Crippen molar-refractivity contribution < 1.29 is 58.5 Å². The number of aliphatic hydroxyl groups excluding tert-OH is 4. The molecule has 0 aliphatic rings. The van der Waals surface area contributed by atoms with E-state index in [0.717, 1.165) is 0 Å². The fourth-order valence-electron chi connectivity index (χ4n) is 4.96. The van der Waals surface area contributed by atoms with Crippen LogP contribution in [0.3, 0.4) is 0 Å². The normalized spacial score (nSPS) is 15.2. The summed E-state index contributed by atoms with van der Waals surface area (Å²) in [5, 5.41) is 42.6. The molecule has 2 rings (SSSR count). The molecule has 0 radical (unpaired) electrons. The number of methoxy groups -OCH3 is 2. The van der Waals surface area contributed by atoms with E-state index in [4.69, 9.17) is 29.4 Å². The van der Waals surface area contributed by atoms with E-state index in [0.29, 0.717) is 23.5 Å². The summed E-state index contributed by atoms with van der Waals surface area (Å²) in [5.41, 5.74) is 5.53. The van der Waals surface area contributed by atoms with Crippen LogP contribution in [0.2, 0.25) is 0 Å². The van der Waals surface area contributed by atoms with Gasteiger partial charge < -0.3 is 49.8 Å². The molecule has 49 heavy (non-hydrogen) atoms. The number of esters is 3. The van der Waals surface area contributed by atoms with Crippen LogP contribution >= 0.6 is 0 Å². The molecule has 0 spiro atoms. The number of aliphatic hydroxyl groups is 4. The lowest BCUT2D eigenvalue weighted by molar-refractivity contribution is -0.153. The number of carbonyl (C=O) groups is 3. The predicted molar refractivity (Wildman–Crippen MR) is 180 cm³/mol. The third-order valence-corrected chi connectivity index (χ3v) is 7.68. The summed E-state index contributed by atoms with van der Waals surface area (Å²) in [6.45, 7) is 5.30. The Balaban J connectivity index is 1.91. The fraction of sp³-hybridized carbons (Fsp3) is 0.583. The van der Waals surface area contributed by atoms with Crippen molar-refractivity contribution in [1.29, 1.82) is 0 Å². The number of rotatable bonds is 21. The number of benzene rings is 2. The summed E-state index contributed by atoms with van der Waals surface area (Å²) >= 11 is 0. The average Bonchev–Trinajstić information content (AvgIpc) is 3.03. The smallest absolute Gasteiger partial charge is 0.338 e. The molecule has 0 amide bonds. The van der Waals surface area contributed by atoms with Crippen LogP contribution in [0.4, 0.5) is 0 Å². The van der Waals surface area contributed by atoms with Gasteiger partial charge in [0.1, 0.15) is 23.7 Å². The van der Waals surface area contributed by atoms with Crippen molar-refractivity contribution in [3.63, 3.8) is 0 Å². The van der Waals surface area contributed by atoms with Gasteiger partial charge in [0.05, 0.1) is 61.8 Å². The first-order chi connectivity index (χ1) is 23.1. The van der Waals surface area contributed by atoms with Crippen molar-refractivity contribution in [2.75, 3.05) is 27.4 Å². The number of hydrogen-bond acceptors (Lipinski definition) is 13. The van der Waals surface area contributed by atoms with Crippen molar-refractivity contribution in [1.82, 2.24) is 0 Å². The summed E-state index contributed by atoms with van der Waals surface area (Å²) in [7, 11) is 3.02. The lowest BCUT2D eigenvalue weighted by Crippen LogP contribution is -2.31. The molecule has 274 valence electrons. The Bertz CT molecular complexity index is 1280. The molecule has 0 saturated heterocycles. The zero-order valence-electron chi connectivity index (χ0n) is 29.1. The van der Waals surface area contributed by atoms with Crippen LogP contribution in [-0.2, 0) is 19.0 Å². The second kappa shape index (κ2) is 20.7. The van der Waals surface area contributed by atoms with Crippen LogP contribution in [0.25, 0.3) is 0 Å². The minimum Gasteiger partial charge on any atom is -0.497 e. The van der Waals surface area contributed by atoms with Gasteiger partial charge in [-0.2, -0.15) is 0 Å². The summed E-state index contributed by atoms with van der Waals surface area (Å²) in [6.07, 6.45) is -6.09. The molecule has 0 unspecified atom stereocenters. The first kappa shape index (κ1) is 41.4. The molecule has 0 aliphatic heterocycles. The van der Waals surface area contributed by atoms with Gasteiger partial charge in [-0.1, -0.05) is 0 Å². The zero-order valence-corrected chi connectivity index (χ0v) is 29.1. The standard InChI is InChI=1S/C36H53NO12/c1-36(2,3)35(44)47-17-15-32(49-34(43)24-8-12-30(46-5)13-9-24)22-28(41)20-26(39)18-25(38)19-27(40)21-31(14-16-37)48-33(42)23-6-10-29(45-4)11-7-23/h6-13,25-28,31-32,38-41H,14-22,37H2,1-5H3/t25-,26+,27+,28-,31+,32-/m0/s1. The summed E-state index contributed by atoms with van der Waals surface area (Å²) in [6, 6.07) is 12.7. The van der Waals surface area contributed by atoms with Gasteiger partial charge in [-0.15, -0.1) is 0 Å². The van der Waals surface area contributed by atoms with Crippen molar-refractivity contribution in [3.05, 3.63) is 59.7 Å². The summed E-state index contributed by atoms with van der Waals surface area (Å²) in [4.78, 5) is 37.6. The first-order valence-corrected chi connectivity index (χ1v) is 16.4. The Kier molecular flexibility index (Phi) is 17.5. The van der Waals surface area contributed by atoms with E-state index in [-0.39, 0.29) is 57.2 Å². The van der Waals surface area contributed by atoms with Crippen LogP contribution in [-0.4, -0.2) is 102 Å². The second-order valence-electron chi connectivity index (χ2n) is 13.1. The van der Waals surface area contributed by atoms with E-state index in [2.05, 4.69) is 0 Å². The lowest BCUT2D eigenvalue weighted by atomic mass is 9.96. The van der Waals surface area contributed by atoms with E-state index in [1.54, 1.807) is 57.2 Å². The van der Waals surface area contributed by atoms with Gasteiger partial charge in [-0.25, -0.2) is 9.59 Å². The molecule has 6 atom stereocenters. The van der Waals surface area contributed by atoms with Crippen LogP contribution in [0.15, 0.2) is 48.5 Å². The molecule has 0 fully saturated rings. The summed E-state index contributed by atoms with van der Waals surface area (Å²) in [5.74, 6) is -0.510. The van der Waals surface area contributed by atoms with Crippen molar-refractivity contribution in [2.24, 2.45) is 11.1 Å². The van der Waals surface area contributed by atoms with E-state index < -0.39 is 59.9 Å². The van der Waals surface area contributed by atoms with Gasteiger partial charge >= 0.3 is 17.9 Å². The minimum absolute atomic E-state index is 0.0237. The maximum atomic E-state index is 12.8. The molecule has 0 heterocycles. The molecule has 0 bridgehead atoms. The third kappa shape index (κ3) is 15.6. The SMILES string of the molecule is COc1ccc(C(=O)O[C@H](CCN)C[C@H](O)C[C@@H](O)C[C@@H](O)C[C@H](O)C[C@H](CCOC(=O)C(C)(C)C)OC(=O)c2ccc(OC)cc2)cc1. The van der Waals surface area contributed by atoms with Crippen molar-refractivity contribution in [2.45, 2.75) is 102 Å². The van der Waals surface area contributed by atoms with E-state index in [1.165, 1.54) is 26.4 Å². The van der Waals surface area contributed by atoms with Crippen LogP contribution in [0.5, 0.6) is 11.5 Å². The van der Waals surface area contributed by atoms with Crippen LogP contribution < -0.4 is 15.2 Å². The predicted octanol–water partition coefficient (Wildman–Crippen LogP) is 3.18. The molecule has 13 nitrogen and oxygen atoms in total. The topological polar surface area (TPSA) is 204 Å². The van der Waals surface area contributed by atoms with Crippen LogP contribution in [0.1, 0.15) is 86.4 Å². The molecule has 6 N–H and O–H groups in total. The molecule has 13 heteroatoms. The average molecular weight is 692 g/mol. The highest BCUT2D eigenvalue weighted by atomic mass is 16.6. The van der Waals surface area contributed by atoms with E-state index in [1.807, 2.05) is 0 Å². The van der Waals surface area contributed by atoms with Gasteiger partial charge in [0, 0.05) is 19.3 Å². The Morgan fingerprint density at radius 1 is 0.633 bits per heavy atom. The number of nitrogens with two attached hydrogens (primary N) is 1. The molecule has 2 aromatic carbocycles. The Morgan fingerprint density at radius 2 is 1.00 bits per heavy atom. The monoisotopic (exact) mass is 691 g/mol. The maximum Gasteiger partial charge on any atom is 0.338 e. The van der Waals surface area contributed by atoms with Gasteiger partial charge in [0.25, 0.3) is 0 Å². The Labute approximate surface area is 288 Å². The van der Waals surface area contributed by atoms with E-state index in [9.17, 15) is 34.8 Å². The highest BCUT2D eigenvalue weighted by Gasteiger charge is 2.27. The molecule has 2 aromatic rings. The Hall–Kier alpha value is -3.75. The van der Waals surface area contributed by atoms with Crippen molar-refractivity contribution in [3.8, 4) is 11.5 Å². The number of hydrogen-bond donors (Lipinski definition) is 5. The fourth-order valence-corrected chi connectivity index (χ4v) is 4.96. The number of carbonyl (C=O) groups excluding carboxylic acids is 3. The maximum absolute atomic E-state index is 12.8. The first-order valence-electron chi connectivity index (χ1n) is 16.4. The molecule has 0 aromatic heterocycles. The van der Waals surface area contributed by atoms with E-state index >= 15 is 0 Å². The third-order valence-electron chi connectivity index (χ3n) is 7.68. The molecule has 0 saturated carbocycles. The Morgan fingerprint density at radius 3 is 1.35 bits per heavy atom.